The number of nitrogens with zero attached hydrogens (tertiary/aromatic N) is 2. The first-order valence-electron chi connectivity index (χ1n) is 7.94. The number of nitrogens with one attached hydrogen (secondary N) is 2. The van der Waals surface area contributed by atoms with Crippen molar-refractivity contribution in [1.29, 1.82) is 0 Å². The Hall–Kier alpha value is -1.71. The maximum Gasteiger partial charge on any atom is 0.227 e. The molecular formula is C15H24ClN5O3S. The third-order valence-corrected chi connectivity index (χ3v) is 4.62. The summed E-state index contributed by atoms with van der Waals surface area (Å²) in [6.45, 7) is 2.59. The van der Waals surface area contributed by atoms with Crippen molar-refractivity contribution in [3.8, 4) is 0 Å². The van der Waals surface area contributed by atoms with E-state index in [1.165, 1.54) is 18.3 Å². The Kier molecular flexibility index (Phi) is 8.81. The molecule has 140 valence electrons. The van der Waals surface area contributed by atoms with Gasteiger partial charge in [0, 0.05) is 50.6 Å². The lowest BCUT2D eigenvalue weighted by Crippen LogP contribution is -2.42. The van der Waals surface area contributed by atoms with Gasteiger partial charge < -0.3 is 21.3 Å². The summed E-state index contributed by atoms with van der Waals surface area (Å²) in [6, 6.07) is -0.101. The normalized spacial score (nSPS) is 20.2. The van der Waals surface area contributed by atoms with Gasteiger partial charge in [-0.2, -0.15) is 0 Å². The molecule has 0 aliphatic carbocycles. The molecule has 0 unspecified atom stereocenters. The van der Waals surface area contributed by atoms with Crippen LogP contribution in [0.1, 0.15) is 26.2 Å². The van der Waals surface area contributed by atoms with Crippen LogP contribution in [0.25, 0.3) is 0 Å². The van der Waals surface area contributed by atoms with E-state index in [1.54, 1.807) is 16.5 Å². The number of carbonyl (C=O) groups is 3. The van der Waals surface area contributed by atoms with Crippen LogP contribution in [-0.2, 0) is 14.4 Å². The molecule has 8 nitrogen and oxygen atoms in total. The number of thiazole rings is 1. The average Bonchev–Trinajstić information content (AvgIpc) is 2.94. The topological polar surface area (TPSA) is 117 Å². The molecule has 4 N–H and O–H groups in total. The molecule has 0 saturated carbocycles. The summed E-state index contributed by atoms with van der Waals surface area (Å²) in [5, 5.41) is 7.75. The fourth-order valence-electron chi connectivity index (χ4n) is 2.60. The Morgan fingerprint density at radius 3 is 2.76 bits per heavy atom. The second kappa shape index (κ2) is 10.3. The molecule has 0 bridgehead atoms. The molecule has 1 aromatic heterocycles. The van der Waals surface area contributed by atoms with Crippen molar-refractivity contribution in [2.75, 3.05) is 25.0 Å². The van der Waals surface area contributed by atoms with E-state index in [2.05, 4.69) is 15.6 Å². The van der Waals surface area contributed by atoms with E-state index in [0.29, 0.717) is 31.1 Å². The third kappa shape index (κ3) is 6.97. The molecule has 0 spiro atoms. The van der Waals surface area contributed by atoms with E-state index >= 15 is 0 Å². The smallest absolute Gasteiger partial charge is 0.227 e. The molecule has 25 heavy (non-hydrogen) atoms. The zero-order valence-electron chi connectivity index (χ0n) is 14.1. The number of hydrogen-bond acceptors (Lipinski definition) is 6. The molecule has 2 heterocycles. The van der Waals surface area contributed by atoms with E-state index in [-0.39, 0.29) is 55.1 Å². The van der Waals surface area contributed by atoms with Gasteiger partial charge in [0.1, 0.15) is 0 Å². The van der Waals surface area contributed by atoms with Crippen molar-refractivity contribution in [3.05, 3.63) is 11.6 Å². The van der Waals surface area contributed by atoms with Crippen molar-refractivity contribution >= 4 is 46.6 Å². The lowest BCUT2D eigenvalue weighted by Gasteiger charge is -2.23. The van der Waals surface area contributed by atoms with E-state index in [9.17, 15) is 14.4 Å². The number of likely N-dealkylation sites (tertiary alicyclic amines) is 1. The number of carbonyl (C=O) groups excluding carboxylic acids is 3. The van der Waals surface area contributed by atoms with E-state index in [0.717, 1.165) is 0 Å². The summed E-state index contributed by atoms with van der Waals surface area (Å²) < 4.78 is 0. The lowest BCUT2D eigenvalue weighted by molar-refractivity contribution is -0.131. The van der Waals surface area contributed by atoms with Gasteiger partial charge in [-0.3, -0.25) is 14.4 Å². The van der Waals surface area contributed by atoms with Crippen LogP contribution in [0.3, 0.4) is 0 Å². The monoisotopic (exact) mass is 389 g/mol. The van der Waals surface area contributed by atoms with Crippen molar-refractivity contribution in [1.82, 2.24) is 15.2 Å². The molecule has 3 amide bonds. The zero-order valence-corrected chi connectivity index (χ0v) is 15.7. The van der Waals surface area contributed by atoms with Gasteiger partial charge in [0.15, 0.2) is 5.13 Å². The largest absolute Gasteiger partial charge is 0.355 e. The van der Waals surface area contributed by atoms with Gasteiger partial charge in [0.05, 0.1) is 5.92 Å². The molecule has 2 atom stereocenters. The highest BCUT2D eigenvalue weighted by molar-refractivity contribution is 7.13. The summed E-state index contributed by atoms with van der Waals surface area (Å²) in [6.07, 6.45) is 3.13. The minimum Gasteiger partial charge on any atom is -0.355 e. The Morgan fingerprint density at radius 1 is 1.36 bits per heavy atom. The fraction of sp³-hybridized carbons (Fsp3) is 0.600. The first-order chi connectivity index (χ1) is 11.5. The van der Waals surface area contributed by atoms with Gasteiger partial charge in [-0.05, 0) is 12.8 Å². The molecule has 1 aliphatic rings. The number of hydrogen-bond donors (Lipinski definition) is 3. The van der Waals surface area contributed by atoms with Gasteiger partial charge in [-0.15, -0.1) is 23.7 Å². The van der Waals surface area contributed by atoms with E-state index in [1.807, 2.05) is 0 Å². The van der Waals surface area contributed by atoms with Gasteiger partial charge in [-0.25, -0.2) is 4.98 Å². The second-order valence-electron chi connectivity index (χ2n) is 5.88. The minimum absolute atomic E-state index is 0. The molecule has 0 radical (unpaired) electrons. The molecule has 1 aliphatic heterocycles. The standard InChI is InChI=1S/C15H23N5O3S.ClH/c1-10(21)20-8-11(2-3-12(16)9-20)14(23)17-5-4-13(22)19-15-18-6-7-24-15;/h6-7,11-12H,2-5,8-9,16H2,1H3,(H,17,23)(H,18,19,22);1H/t11-,12+;/m1./s1. The molecule has 1 aromatic rings. The van der Waals surface area contributed by atoms with Crippen molar-refractivity contribution < 1.29 is 14.4 Å². The number of aromatic nitrogens is 1. The highest BCUT2D eigenvalue weighted by atomic mass is 35.5. The summed E-state index contributed by atoms with van der Waals surface area (Å²) >= 11 is 1.34. The van der Waals surface area contributed by atoms with E-state index < -0.39 is 0 Å². The maximum atomic E-state index is 12.3. The predicted molar refractivity (Wildman–Crippen MR) is 98.6 cm³/mol. The number of amides is 3. The predicted octanol–water partition coefficient (Wildman–Crippen LogP) is 0.595. The Balaban J connectivity index is 0.00000312. The van der Waals surface area contributed by atoms with Crippen molar-refractivity contribution in [2.24, 2.45) is 11.7 Å². The summed E-state index contributed by atoms with van der Waals surface area (Å²) in [5.41, 5.74) is 5.95. The van der Waals surface area contributed by atoms with Gasteiger partial charge in [0.25, 0.3) is 0 Å². The highest BCUT2D eigenvalue weighted by Crippen LogP contribution is 2.16. The molecule has 0 aromatic carbocycles. The van der Waals surface area contributed by atoms with Crippen LogP contribution in [0.2, 0.25) is 0 Å². The quantitative estimate of drug-likeness (QED) is 0.681. The van der Waals surface area contributed by atoms with E-state index in [4.69, 9.17) is 5.73 Å². The van der Waals surface area contributed by atoms with Crippen LogP contribution in [0.15, 0.2) is 11.6 Å². The van der Waals surface area contributed by atoms with Crippen LogP contribution in [0.5, 0.6) is 0 Å². The van der Waals surface area contributed by atoms with Crippen molar-refractivity contribution in [3.63, 3.8) is 0 Å². The van der Waals surface area contributed by atoms with Crippen LogP contribution in [0.4, 0.5) is 5.13 Å². The molecule has 2 rings (SSSR count). The maximum absolute atomic E-state index is 12.3. The van der Waals surface area contributed by atoms with Crippen LogP contribution in [-0.4, -0.2) is 53.3 Å². The number of anilines is 1. The first-order valence-corrected chi connectivity index (χ1v) is 8.82. The second-order valence-corrected chi connectivity index (χ2v) is 6.78. The molecule has 10 heteroatoms. The van der Waals surface area contributed by atoms with Gasteiger partial charge in [0.2, 0.25) is 17.7 Å². The summed E-state index contributed by atoms with van der Waals surface area (Å²) in [4.78, 5) is 41.2. The highest BCUT2D eigenvalue weighted by Gasteiger charge is 2.28. The van der Waals surface area contributed by atoms with Crippen LogP contribution >= 0.6 is 23.7 Å². The molecular weight excluding hydrogens is 366 g/mol. The zero-order chi connectivity index (χ0) is 17.5. The first kappa shape index (κ1) is 21.3. The molecule has 1 saturated heterocycles. The number of nitrogens with two attached hydrogens (primary N) is 1. The minimum atomic E-state index is -0.288. The Morgan fingerprint density at radius 2 is 2.12 bits per heavy atom. The Bertz CT molecular complexity index is 584. The lowest BCUT2D eigenvalue weighted by atomic mass is 10.0. The SMILES string of the molecule is CC(=O)N1C[C@@H](N)CC[C@@H](C(=O)NCCC(=O)Nc2nccs2)C1.Cl. The summed E-state index contributed by atoms with van der Waals surface area (Å²) in [7, 11) is 0. The Labute approximate surface area is 157 Å². The summed E-state index contributed by atoms with van der Waals surface area (Å²) in [5.74, 6) is -0.701. The van der Waals surface area contributed by atoms with Crippen LogP contribution < -0.4 is 16.4 Å². The van der Waals surface area contributed by atoms with Gasteiger partial charge in [-0.1, -0.05) is 0 Å². The van der Waals surface area contributed by atoms with Crippen molar-refractivity contribution in [2.45, 2.75) is 32.2 Å². The van der Waals surface area contributed by atoms with Gasteiger partial charge >= 0.3 is 0 Å². The number of rotatable bonds is 5. The number of halogens is 1. The average molecular weight is 390 g/mol. The third-order valence-electron chi connectivity index (χ3n) is 3.93. The fourth-order valence-corrected chi connectivity index (χ4v) is 3.15. The van der Waals surface area contributed by atoms with Crippen LogP contribution in [0, 0.1) is 5.92 Å². The molecule has 1 fully saturated rings.